The van der Waals surface area contributed by atoms with Gasteiger partial charge in [0.2, 0.25) is 0 Å². The quantitative estimate of drug-likeness (QED) is 0.887. The van der Waals surface area contributed by atoms with Crippen LogP contribution in [-0.2, 0) is 0 Å². The fourth-order valence-corrected chi connectivity index (χ4v) is 4.07. The molecule has 6 heteroatoms. The first-order valence-corrected chi connectivity index (χ1v) is 9.24. The van der Waals surface area contributed by atoms with E-state index in [9.17, 15) is 9.90 Å². The molecule has 0 spiro atoms. The van der Waals surface area contributed by atoms with Crippen LogP contribution in [0.3, 0.4) is 0 Å². The van der Waals surface area contributed by atoms with Crippen LogP contribution in [0.2, 0.25) is 0 Å². The second-order valence-electron chi connectivity index (χ2n) is 6.16. The predicted octanol–water partition coefficient (Wildman–Crippen LogP) is 3.35. The first-order valence-electron chi connectivity index (χ1n) is 8.36. The highest BCUT2D eigenvalue weighted by Crippen LogP contribution is 2.34. The Balaban J connectivity index is 1.63. The summed E-state index contributed by atoms with van der Waals surface area (Å²) < 4.78 is 10.5. The van der Waals surface area contributed by atoms with Gasteiger partial charge in [-0.25, -0.2) is 0 Å². The fraction of sp³-hybridized carbons (Fsp3) is 0.421. The van der Waals surface area contributed by atoms with Crippen molar-refractivity contribution >= 4 is 17.2 Å². The van der Waals surface area contributed by atoms with Gasteiger partial charge in [0.15, 0.2) is 11.5 Å². The Morgan fingerprint density at radius 2 is 1.92 bits per heavy atom. The number of hydrogen-bond acceptors (Lipinski definition) is 5. The minimum Gasteiger partial charge on any atom is -0.493 e. The van der Waals surface area contributed by atoms with Crippen LogP contribution in [-0.4, -0.2) is 43.2 Å². The van der Waals surface area contributed by atoms with E-state index in [2.05, 4.69) is 0 Å². The number of carbonyl (C=O) groups excluding carboxylic acids is 1. The van der Waals surface area contributed by atoms with Crippen molar-refractivity contribution in [2.75, 3.05) is 27.3 Å². The molecule has 1 atom stereocenters. The molecule has 5 nitrogen and oxygen atoms in total. The molecule has 1 saturated heterocycles. The van der Waals surface area contributed by atoms with Crippen molar-refractivity contribution in [3.63, 3.8) is 0 Å². The average molecular weight is 361 g/mol. The number of methoxy groups -OCH3 is 2. The summed E-state index contributed by atoms with van der Waals surface area (Å²) in [6.07, 6.45) is 1.18. The summed E-state index contributed by atoms with van der Waals surface area (Å²) in [4.78, 5) is 15.6. The molecule has 25 heavy (non-hydrogen) atoms. The van der Waals surface area contributed by atoms with Gasteiger partial charge < -0.3 is 19.5 Å². The summed E-state index contributed by atoms with van der Waals surface area (Å²) >= 11 is 1.58. The molecule has 0 aliphatic carbocycles. The van der Waals surface area contributed by atoms with Gasteiger partial charge in [0.05, 0.1) is 20.3 Å². The normalized spacial score (nSPS) is 16.5. The van der Waals surface area contributed by atoms with Gasteiger partial charge in [-0.3, -0.25) is 4.79 Å². The van der Waals surface area contributed by atoms with E-state index < -0.39 is 6.10 Å². The molecule has 1 unspecified atom stereocenters. The molecule has 3 rings (SSSR count). The molecule has 134 valence electrons. The minimum atomic E-state index is -0.432. The number of carbonyl (C=O) groups is 1. The van der Waals surface area contributed by atoms with Crippen LogP contribution >= 0.6 is 11.3 Å². The van der Waals surface area contributed by atoms with Crippen molar-refractivity contribution in [2.45, 2.75) is 18.9 Å². The van der Waals surface area contributed by atoms with Gasteiger partial charge in [-0.1, -0.05) is 6.07 Å². The highest BCUT2D eigenvalue weighted by molar-refractivity contribution is 7.10. The second kappa shape index (κ2) is 7.89. The topological polar surface area (TPSA) is 59.0 Å². The molecular formula is C19H23NO4S. The standard InChI is InChI=1S/C19H23NO4S/c1-23-15-6-5-14(12-16(15)24-2)19(22)20-9-7-13(8-10-20)18(21)17-4-3-11-25-17/h3-6,11-13,18,21H,7-10H2,1-2H3. The van der Waals surface area contributed by atoms with E-state index in [1.165, 1.54) is 0 Å². The van der Waals surface area contributed by atoms with Crippen LogP contribution in [0.4, 0.5) is 0 Å². The maximum Gasteiger partial charge on any atom is 0.253 e. The van der Waals surface area contributed by atoms with Crippen LogP contribution in [0.1, 0.15) is 34.2 Å². The molecule has 0 saturated carbocycles. The zero-order chi connectivity index (χ0) is 17.8. The van der Waals surface area contributed by atoms with Gasteiger partial charge in [0, 0.05) is 23.5 Å². The molecule has 2 heterocycles. The lowest BCUT2D eigenvalue weighted by molar-refractivity contribution is 0.0474. The van der Waals surface area contributed by atoms with Crippen LogP contribution < -0.4 is 9.47 Å². The summed E-state index contributed by atoms with van der Waals surface area (Å²) in [5.41, 5.74) is 0.593. The number of likely N-dealkylation sites (tertiary alicyclic amines) is 1. The molecule has 2 aromatic rings. The summed E-state index contributed by atoms with van der Waals surface area (Å²) in [6, 6.07) is 9.15. The maximum absolute atomic E-state index is 12.7. The SMILES string of the molecule is COc1ccc(C(=O)N2CCC(C(O)c3cccs3)CC2)cc1OC. The van der Waals surface area contributed by atoms with Gasteiger partial charge in [0.25, 0.3) is 5.91 Å². The number of thiophene rings is 1. The van der Waals surface area contributed by atoms with Crippen molar-refractivity contribution in [3.05, 3.63) is 46.2 Å². The smallest absolute Gasteiger partial charge is 0.253 e. The van der Waals surface area contributed by atoms with Crippen LogP contribution in [0.5, 0.6) is 11.5 Å². The Morgan fingerprint density at radius 1 is 1.20 bits per heavy atom. The molecule has 1 aromatic heterocycles. The van der Waals surface area contributed by atoms with Gasteiger partial charge in [-0.05, 0) is 48.4 Å². The number of piperidine rings is 1. The van der Waals surface area contributed by atoms with Crippen molar-refractivity contribution in [3.8, 4) is 11.5 Å². The van der Waals surface area contributed by atoms with Crippen LogP contribution in [0, 0.1) is 5.92 Å². The van der Waals surface area contributed by atoms with E-state index in [1.54, 1.807) is 43.8 Å². The zero-order valence-electron chi connectivity index (χ0n) is 14.5. The Morgan fingerprint density at radius 3 is 2.52 bits per heavy atom. The molecule has 1 N–H and O–H groups in total. The molecule has 1 aromatic carbocycles. The van der Waals surface area contributed by atoms with Gasteiger partial charge >= 0.3 is 0 Å². The average Bonchev–Trinajstić information content (AvgIpc) is 3.21. The Hall–Kier alpha value is -2.05. The van der Waals surface area contributed by atoms with E-state index in [0.717, 1.165) is 17.7 Å². The van der Waals surface area contributed by atoms with Crippen LogP contribution in [0.25, 0.3) is 0 Å². The lowest BCUT2D eigenvalue weighted by atomic mass is 9.90. The largest absolute Gasteiger partial charge is 0.493 e. The first-order chi connectivity index (χ1) is 12.1. The molecule has 1 amide bonds. The Bertz CT molecular complexity index is 708. The minimum absolute atomic E-state index is 0.00924. The van der Waals surface area contributed by atoms with Crippen molar-refractivity contribution < 1.29 is 19.4 Å². The Labute approximate surface area is 151 Å². The van der Waals surface area contributed by atoms with Gasteiger partial charge in [-0.2, -0.15) is 0 Å². The summed E-state index contributed by atoms with van der Waals surface area (Å²) in [6.45, 7) is 1.31. The molecular weight excluding hydrogens is 338 g/mol. The van der Waals surface area contributed by atoms with E-state index >= 15 is 0 Å². The van der Waals surface area contributed by atoms with Gasteiger partial charge in [-0.15, -0.1) is 11.3 Å². The molecule has 0 radical (unpaired) electrons. The van der Waals surface area contributed by atoms with E-state index in [0.29, 0.717) is 30.2 Å². The lowest BCUT2D eigenvalue weighted by Gasteiger charge is -2.34. The molecule has 1 fully saturated rings. The van der Waals surface area contributed by atoms with Crippen molar-refractivity contribution in [2.24, 2.45) is 5.92 Å². The first kappa shape index (κ1) is 17.8. The number of benzene rings is 1. The fourth-order valence-electron chi connectivity index (χ4n) is 3.26. The third kappa shape index (κ3) is 3.80. The number of aliphatic hydroxyl groups excluding tert-OH is 1. The van der Waals surface area contributed by atoms with Crippen molar-refractivity contribution in [1.82, 2.24) is 4.90 Å². The predicted molar refractivity (Wildman–Crippen MR) is 97.5 cm³/mol. The van der Waals surface area contributed by atoms with E-state index in [4.69, 9.17) is 9.47 Å². The van der Waals surface area contributed by atoms with Crippen LogP contribution in [0.15, 0.2) is 35.7 Å². The number of aliphatic hydroxyl groups is 1. The lowest BCUT2D eigenvalue weighted by Crippen LogP contribution is -2.39. The van der Waals surface area contributed by atoms with Gasteiger partial charge in [0.1, 0.15) is 0 Å². The highest BCUT2D eigenvalue weighted by atomic mass is 32.1. The molecule has 0 bridgehead atoms. The summed E-state index contributed by atoms with van der Waals surface area (Å²) in [7, 11) is 3.13. The maximum atomic E-state index is 12.7. The molecule has 1 aliphatic rings. The number of rotatable bonds is 5. The second-order valence-corrected chi connectivity index (χ2v) is 7.14. The highest BCUT2D eigenvalue weighted by Gasteiger charge is 2.29. The number of ether oxygens (including phenoxy) is 2. The summed E-state index contributed by atoms with van der Waals surface area (Å²) in [5.74, 6) is 1.35. The number of hydrogen-bond donors (Lipinski definition) is 1. The monoisotopic (exact) mass is 361 g/mol. The number of amides is 1. The third-order valence-electron chi connectivity index (χ3n) is 4.74. The third-order valence-corrected chi connectivity index (χ3v) is 5.68. The van der Waals surface area contributed by atoms with E-state index in [1.807, 2.05) is 22.4 Å². The van der Waals surface area contributed by atoms with Crippen molar-refractivity contribution in [1.29, 1.82) is 0 Å². The summed E-state index contributed by atoms with van der Waals surface area (Å²) in [5, 5.41) is 12.5. The Kier molecular flexibility index (Phi) is 5.60. The zero-order valence-corrected chi connectivity index (χ0v) is 15.3. The molecule has 1 aliphatic heterocycles. The van der Waals surface area contributed by atoms with E-state index in [-0.39, 0.29) is 11.8 Å². The number of nitrogens with zero attached hydrogens (tertiary/aromatic N) is 1.